The van der Waals surface area contributed by atoms with Gasteiger partial charge in [0.25, 0.3) is 24.9 Å². The molecule has 4 aromatic rings. The Hall–Kier alpha value is -5.09. The van der Waals surface area contributed by atoms with Crippen LogP contribution in [-0.4, -0.2) is 203 Å². The highest BCUT2D eigenvalue weighted by Gasteiger charge is 2.58. The van der Waals surface area contributed by atoms with Gasteiger partial charge in [-0.2, -0.15) is 21.1 Å². The van der Waals surface area contributed by atoms with Crippen LogP contribution in [0.2, 0.25) is 0 Å². The van der Waals surface area contributed by atoms with Gasteiger partial charge in [-0.25, -0.2) is 27.8 Å². The van der Waals surface area contributed by atoms with Crippen LogP contribution in [-0.2, 0) is 81.2 Å². The molecule has 38 nitrogen and oxygen atoms in total. The lowest BCUT2D eigenvalue weighted by atomic mass is 10.0. The van der Waals surface area contributed by atoms with E-state index in [9.17, 15) is 62.6 Å². The van der Waals surface area contributed by atoms with E-state index < -0.39 is 109 Å². The third kappa shape index (κ3) is 16.2. The smallest absolute Gasteiger partial charge is 0.487 e. The van der Waals surface area contributed by atoms with Crippen LogP contribution >= 0.6 is 35.2 Å². The molecule has 0 spiro atoms. The second-order valence-corrected chi connectivity index (χ2v) is 26.3. The maximum absolute atomic E-state index is 13.2. The summed E-state index contributed by atoms with van der Waals surface area (Å²) in [6, 6.07) is 0.223. The number of aliphatic hydroxyl groups excluding tert-OH is 2. The van der Waals surface area contributed by atoms with Gasteiger partial charge in [0.15, 0.2) is 29.5 Å². The number of anilines is 2. The quantitative estimate of drug-likeness (QED) is 0.00972. The van der Waals surface area contributed by atoms with Crippen molar-refractivity contribution in [1.82, 2.24) is 55.3 Å². The monoisotopic (exact) mass is 1300 g/mol. The molecule has 478 valence electrons. The first-order valence-electron chi connectivity index (χ1n) is 26.9. The van der Waals surface area contributed by atoms with Gasteiger partial charge in [0.05, 0.1) is 78.3 Å². The lowest BCUT2D eigenvalue weighted by molar-refractivity contribution is -0.745. The molecule has 5 fully saturated rings. The number of hydrogen-bond acceptors (Lipinski definition) is 28. The molecule has 4 amide bonds. The van der Waals surface area contributed by atoms with Crippen molar-refractivity contribution in [3.05, 3.63) is 33.4 Å². The number of phosphoric acid groups is 3. The molecular weight excluding hydrogens is 1230 g/mol. The van der Waals surface area contributed by atoms with Crippen molar-refractivity contribution in [1.29, 1.82) is 0 Å². The first-order chi connectivity index (χ1) is 40.8. The van der Waals surface area contributed by atoms with E-state index in [1.165, 1.54) is 35.8 Å². The largest absolute Gasteiger partial charge is 0.756 e. The summed E-state index contributed by atoms with van der Waals surface area (Å²) in [6.07, 6.45) is -6.64. The zero-order valence-corrected chi connectivity index (χ0v) is 49.6. The van der Waals surface area contributed by atoms with Gasteiger partial charge in [-0.05, 0) is 19.8 Å². The van der Waals surface area contributed by atoms with Crippen LogP contribution in [0.4, 0.5) is 16.7 Å². The summed E-state index contributed by atoms with van der Waals surface area (Å²) in [6.45, 7) is 1.42. The van der Waals surface area contributed by atoms with Crippen LogP contribution in [0.15, 0.2) is 22.2 Å². The van der Waals surface area contributed by atoms with Gasteiger partial charge >= 0.3 is 27.3 Å². The van der Waals surface area contributed by atoms with Crippen LogP contribution < -0.4 is 53.3 Å². The Bertz CT molecular complexity index is 3360. The number of rotatable bonds is 32. The highest BCUT2D eigenvalue weighted by Crippen LogP contribution is 2.67. The number of thioether (sulfide) groups is 1. The van der Waals surface area contributed by atoms with E-state index in [1.54, 1.807) is 0 Å². The molecule has 0 aromatic carbocycles. The fourth-order valence-corrected chi connectivity index (χ4v) is 15.3. The van der Waals surface area contributed by atoms with Crippen LogP contribution in [0, 0.1) is 0 Å². The molecule has 4 aromatic heterocycles. The molecule has 5 aliphatic heterocycles. The van der Waals surface area contributed by atoms with E-state index in [-0.39, 0.29) is 97.5 Å². The maximum Gasteiger partial charge on any atom is 0.487 e. The van der Waals surface area contributed by atoms with Crippen LogP contribution in [0.1, 0.15) is 57.9 Å². The van der Waals surface area contributed by atoms with Gasteiger partial charge in [-0.15, -0.1) is 0 Å². The molecular formula is C44H67N14O24P3S. The van der Waals surface area contributed by atoms with Crippen molar-refractivity contribution in [2.75, 3.05) is 83.2 Å². The molecule has 0 saturated carbocycles. The summed E-state index contributed by atoms with van der Waals surface area (Å²) >= 11 is 1.85. The predicted octanol–water partition coefficient (Wildman–Crippen LogP) is -3.61. The number of ether oxygens (including phenoxy) is 7. The first kappa shape index (κ1) is 65.4. The molecule has 0 aliphatic carbocycles. The van der Waals surface area contributed by atoms with E-state index in [4.69, 9.17) is 49.1 Å². The third-order valence-corrected chi connectivity index (χ3v) is 19.9. The van der Waals surface area contributed by atoms with Crippen LogP contribution in [0.25, 0.3) is 22.3 Å². The zero-order chi connectivity index (χ0) is 61.7. The maximum atomic E-state index is 13.2. The summed E-state index contributed by atoms with van der Waals surface area (Å²) in [5, 5.41) is 33.3. The summed E-state index contributed by atoms with van der Waals surface area (Å²) < 4.78 is 101. The highest BCUT2D eigenvalue weighted by atomic mass is 32.2. The van der Waals surface area contributed by atoms with Crippen molar-refractivity contribution in [3.63, 3.8) is 0 Å². The second-order valence-electron chi connectivity index (χ2n) is 20.5. The number of aryl methyl sites for hydroxylation is 1. The molecule has 5 aliphatic rings. The van der Waals surface area contributed by atoms with Crippen LogP contribution in [0.3, 0.4) is 0 Å². The summed E-state index contributed by atoms with van der Waals surface area (Å²) in [5.41, 5.74) is 9.80. The number of nitrogens with zero attached hydrogens (tertiary/aromatic N) is 6. The molecule has 3 unspecified atom stereocenters. The molecule has 0 radical (unpaired) electrons. The molecule has 0 bridgehead atoms. The molecule has 15 atom stereocenters. The van der Waals surface area contributed by atoms with Gasteiger partial charge in [0.2, 0.25) is 29.5 Å². The second kappa shape index (κ2) is 27.7. The van der Waals surface area contributed by atoms with Crippen molar-refractivity contribution in [2.45, 2.75) is 118 Å². The van der Waals surface area contributed by atoms with Crippen LogP contribution in [0.5, 0.6) is 0 Å². The van der Waals surface area contributed by atoms with Crippen molar-refractivity contribution in [3.8, 4) is 0 Å². The number of aromatic nitrogens is 8. The Morgan fingerprint density at radius 1 is 0.849 bits per heavy atom. The van der Waals surface area contributed by atoms with E-state index in [0.29, 0.717) is 38.0 Å². The number of nitrogens with two attached hydrogens (primary N) is 2. The van der Waals surface area contributed by atoms with Gasteiger partial charge in [0.1, 0.15) is 36.6 Å². The normalized spacial score (nSPS) is 29.1. The number of hydrogen-bond donors (Lipinski definition) is 12. The van der Waals surface area contributed by atoms with E-state index in [1.807, 2.05) is 11.8 Å². The molecule has 86 heavy (non-hydrogen) atoms. The number of fused-ring (bicyclic) bond motifs is 4. The SMILES string of the molecule is Cn1c[n+]([C@@H]2O[C@H](COP(=O)([O-])OP(=O)(O)OP(=O)(O)OC[C@H]3O[C@@H](n4cnc5c(=O)[nH]c(N)nc54)[C@@H]4O[C@@](C)(CCC(=O)NCCOCCOCCOCCNC(=O)CCCC[C@@H]5SC[C@@H]6NC(=O)N[C@@H]65)O[C@@H]43)[C@@H](O)[C@H]2O)c2nc(N)[nH]c(=O)c21. The Morgan fingerprint density at radius 3 is 2.22 bits per heavy atom. The fraction of sp³-hybridized carbons (Fsp3) is 0.705. The van der Waals surface area contributed by atoms with Crippen molar-refractivity contribution in [2.24, 2.45) is 7.05 Å². The summed E-state index contributed by atoms with van der Waals surface area (Å²) in [5.74, 6) is -1.69. The molecule has 5 saturated heterocycles. The van der Waals surface area contributed by atoms with Gasteiger partial charge in [-0.1, -0.05) is 11.4 Å². The molecule has 14 N–H and O–H groups in total. The number of H-pyrrole nitrogens is 2. The number of phosphoric ester groups is 2. The minimum Gasteiger partial charge on any atom is -0.756 e. The number of urea groups is 1. The van der Waals surface area contributed by atoms with E-state index in [0.717, 1.165) is 29.6 Å². The predicted molar refractivity (Wildman–Crippen MR) is 289 cm³/mol. The average molecular weight is 1300 g/mol. The Kier molecular flexibility index (Phi) is 21.1. The number of nitrogen functional groups attached to an aromatic ring is 2. The minimum absolute atomic E-state index is 0.00818. The Balaban J connectivity index is 0.680. The van der Waals surface area contributed by atoms with Crippen molar-refractivity contribution >= 4 is 87.3 Å². The standard InChI is InChI=1S/C44H67N14O24P3S/c1-44(8-7-27(60)48-10-12-73-14-16-74-15-13-72-11-9-47-26(59)6-4-3-5-25-28-22(19-86-25)50-43(65)51-28)79-33-24(78-40(34(33)80-44)57-20-49-29-35(57)52-41(45)54-37(29)63)18-76-84(68,69)82-85(70,71)81-83(66,67)75-17-23-31(61)32(62)39(77-23)58-21-56(2)30-36(58)53-42(46)55-38(30)64/h20-25,28,31-34,39-40,61-62H,3-19H2,1-2H3,(H12-,45,46,47,48,50,51,52,53,54,55,59,60,63,64,65,66,67,68,69,70,71)/t22-,23+,24+,25-,28-,31+,32+,33+,34+,39+,40+,44-/m0/s1. The number of imidazole rings is 2. The molecule has 42 heteroatoms. The third-order valence-electron chi connectivity index (χ3n) is 14.2. The lowest BCUT2D eigenvalue weighted by Crippen LogP contribution is -2.46. The number of aromatic amines is 2. The van der Waals surface area contributed by atoms with Gasteiger partial charge < -0.3 is 95.3 Å². The first-order valence-corrected chi connectivity index (χ1v) is 32.4. The summed E-state index contributed by atoms with van der Waals surface area (Å²) in [4.78, 5) is 112. The minimum atomic E-state index is -6.15. The Labute approximate surface area is 490 Å². The topological polar surface area (TPSA) is 526 Å². The fourth-order valence-electron chi connectivity index (χ4n) is 10.2. The van der Waals surface area contributed by atoms with E-state index >= 15 is 0 Å². The molecule has 9 rings (SSSR count). The number of unbranched alkanes of at least 4 members (excludes halogenated alkanes) is 1. The van der Waals surface area contributed by atoms with Gasteiger partial charge in [-0.3, -0.25) is 47.4 Å². The Morgan fingerprint density at radius 2 is 1.50 bits per heavy atom. The lowest BCUT2D eigenvalue weighted by Gasteiger charge is -2.28. The number of aliphatic hydroxyl groups is 2. The van der Waals surface area contributed by atoms with Crippen molar-refractivity contribution < 1.29 is 108 Å². The number of carbonyl (C=O) groups is 3. The zero-order valence-electron chi connectivity index (χ0n) is 46.1. The number of amides is 4. The number of carbonyl (C=O) groups excluding carboxylic acids is 3. The van der Waals surface area contributed by atoms with Gasteiger partial charge in [0, 0.05) is 43.4 Å². The highest BCUT2D eigenvalue weighted by molar-refractivity contribution is 8.00. The molecule has 9 heterocycles. The number of nitrogens with one attached hydrogen (secondary N) is 6. The summed E-state index contributed by atoms with van der Waals surface area (Å²) in [7, 11) is -16.5. The van der Waals surface area contributed by atoms with E-state index in [2.05, 4.69) is 59.3 Å². The average Bonchev–Trinajstić information content (AvgIpc) is 1.74.